The molecule has 0 saturated heterocycles. The van der Waals surface area contributed by atoms with Gasteiger partial charge in [0.1, 0.15) is 0 Å². The normalized spacial score (nSPS) is 14.9. The fraction of sp³-hybridized carbons (Fsp3) is 0.438. The van der Waals surface area contributed by atoms with Gasteiger partial charge < -0.3 is 0 Å². The number of hydrogen-bond donors (Lipinski definition) is 0. The molecule has 0 N–H and O–H groups in total. The number of fused-ring (bicyclic) bond motifs is 1. The van der Waals surface area contributed by atoms with E-state index in [9.17, 15) is 0 Å². The third-order valence-electron chi connectivity index (χ3n) is 6.92. The summed E-state index contributed by atoms with van der Waals surface area (Å²) in [6, 6.07) is 18.8. The Morgan fingerprint density at radius 3 is 2.15 bits per heavy atom. The lowest BCUT2D eigenvalue weighted by atomic mass is 9.83. The lowest BCUT2D eigenvalue weighted by Gasteiger charge is -2.29. The molecule has 0 saturated carbocycles. The molecule has 0 amide bonds. The predicted octanol–water partition coefficient (Wildman–Crippen LogP) is 9.85. The summed E-state index contributed by atoms with van der Waals surface area (Å²) >= 11 is 2.09. The SMILES string of the molecule is CC.CCc1ccc(C)c(SC2CCCc3cc(-c4c(CC)cccc4CC)cc(C)c32)c1. The van der Waals surface area contributed by atoms with Crippen molar-refractivity contribution in [1.29, 1.82) is 0 Å². The highest BCUT2D eigenvalue weighted by molar-refractivity contribution is 7.99. The van der Waals surface area contributed by atoms with Crippen molar-refractivity contribution in [1.82, 2.24) is 0 Å². The van der Waals surface area contributed by atoms with Crippen molar-refractivity contribution in [3.05, 3.63) is 87.5 Å². The van der Waals surface area contributed by atoms with Crippen molar-refractivity contribution in [3.8, 4) is 11.1 Å². The van der Waals surface area contributed by atoms with Gasteiger partial charge in [0, 0.05) is 10.1 Å². The average Bonchev–Trinajstić information content (AvgIpc) is 2.85. The van der Waals surface area contributed by atoms with Gasteiger partial charge in [0.2, 0.25) is 0 Å². The van der Waals surface area contributed by atoms with Gasteiger partial charge in [-0.3, -0.25) is 0 Å². The van der Waals surface area contributed by atoms with Crippen LogP contribution in [0.4, 0.5) is 0 Å². The van der Waals surface area contributed by atoms with Gasteiger partial charge in [0.15, 0.2) is 0 Å². The molecule has 0 radical (unpaired) electrons. The second kappa shape index (κ2) is 11.9. The van der Waals surface area contributed by atoms with Crippen molar-refractivity contribution in [2.45, 2.75) is 97.1 Å². The summed E-state index contributed by atoms with van der Waals surface area (Å²) in [5, 5.41) is 0.565. The zero-order chi connectivity index (χ0) is 24.0. The van der Waals surface area contributed by atoms with Crippen LogP contribution in [0, 0.1) is 13.8 Å². The molecule has 0 bridgehead atoms. The van der Waals surface area contributed by atoms with Crippen molar-refractivity contribution in [2.24, 2.45) is 0 Å². The Kier molecular flexibility index (Phi) is 9.27. The maximum absolute atomic E-state index is 2.53. The highest BCUT2D eigenvalue weighted by Crippen LogP contribution is 2.47. The van der Waals surface area contributed by atoms with E-state index in [2.05, 4.69) is 94.9 Å². The summed E-state index contributed by atoms with van der Waals surface area (Å²) in [5.74, 6) is 0. The highest BCUT2D eigenvalue weighted by Gasteiger charge is 2.25. The Morgan fingerprint density at radius 2 is 1.52 bits per heavy atom. The lowest BCUT2D eigenvalue weighted by molar-refractivity contribution is 0.670. The number of thioether (sulfide) groups is 1. The Bertz CT molecular complexity index is 1050. The van der Waals surface area contributed by atoms with Crippen molar-refractivity contribution >= 4 is 11.8 Å². The fourth-order valence-corrected chi connectivity index (χ4v) is 6.70. The Labute approximate surface area is 207 Å². The maximum Gasteiger partial charge on any atom is 0.0350 e. The van der Waals surface area contributed by atoms with Gasteiger partial charge in [0.05, 0.1) is 0 Å². The number of hydrogen-bond acceptors (Lipinski definition) is 1. The van der Waals surface area contributed by atoms with E-state index in [1.807, 2.05) is 13.8 Å². The average molecular weight is 459 g/mol. The minimum absolute atomic E-state index is 0.565. The predicted molar refractivity (Wildman–Crippen MR) is 149 cm³/mol. The molecule has 0 aromatic heterocycles. The summed E-state index contributed by atoms with van der Waals surface area (Å²) in [6.45, 7) is 15.4. The molecule has 3 aromatic carbocycles. The Hall–Kier alpha value is -1.99. The van der Waals surface area contributed by atoms with Crippen molar-refractivity contribution in [2.75, 3.05) is 0 Å². The van der Waals surface area contributed by atoms with Crippen LogP contribution in [0.15, 0.2) is 53.4 Å². The van der Waals surface area contributed by atoms with Crippen LogP contribution in [0.1, 0.15) is 91.7 Å². The molecule has 4 rings (SSSR count). The second-order valence-corrected chi connectivity index (χ2v) is 10.2. The van der Waals surface area contributed by atoms with E-state index in [4.69, 9.17) is 0 Å². The summed E-state index contributed by atoms with van der Waals surface area (Å²) in [5.41, 5.74) is 13.4. The van der Waals surface area contributed by atoms with E-state index in [1.54, 1.807) is 11.1 Å². The van der Waals surface area contributed by atoms with Crippen molar-refractivity contribution in [3.63, 3.8) is 0 Å². The van der Waals surface area contributed by atoms with Crippen LogP contribution in [0.5, 0.6) is 0 Å². The number of aryl methyl sites for hydroxylation is 6. The molecular formula is C32H42S. The maximum atomic E-state index is 2.53. The highest BCUT2D eigenvalue weighted by atomic mass is 32.2. The molecule has 0 heterocycles. The van der Waals surface area contributed by atoms with E-state index in [-0.39, 0.29) is 0 Å². The molecule has 1 aliphatic carbocycles. The van der Waals surface area contributed by atoms with Crippen LogP contribution in [0.2, 0.25) is 0 Å². The molecule has 0 aliphatic heterocycles. The molecule has 176 valence electrons. The molecule has 1 unspecified atom stereocenters. The molecule has 0 fully saturated rings. The van der Waals surface area contributed by atoms with Gasteiger partial charge in [-0.1, -0.05) is 77.1 Å². The lowest BCUT2D eigenvalue weighted by Crippen LogP contribution is -2.10. The largest absolute Gasteiger partial charge is 0.118 e. The molecule has 0 spiro atoms. The smallest absolute Gasteiger partial charge is 0.0350 e. The standard InChI is InChI=1S/C30H36S.C2H6/c1-6-22-16-15-20(4)28(18-22)31-27-14-10-13-25-19-26(17-21(5)29(25)27)30-23(7-2)11-9-12-24(30)8-3;1-2/h9,11-12,15-19,27H,6-8,10,13-14H2,1-5H3;1-2H3. The van der Waals surface area contributed by atoms with Gasteiger partial charge in [-0.2, -0.15) is 0 Å². The first-order valence-electron chi connectivity index (χ1n) is 13.1. The van der Waals surface area contributed by atoms with Crippen LogP contribution in [-0.4, -0.2) is 0 Å². The molecule has 1 aliphatic rings. The number of rotatable bonds is 6. The monoisotopic (exact) mass is 458 g/mol. The van der Waals surface area contributed by atoms with Gasteiger partial charge in [-0.15, -0.1) is 11.8 Å². The Balaban J connectivity index is 0.00000149. The van der Waals surface area contributed by atoms with Crippen molar-refractivity contribution < 1.29 is 0 Å². The minimum atomic E-state index is 0.565. The van der Waals surface area contributed by atoms with Crippen LogP contribution in [0.3, 0.4) is 0 Å². The second-order valence-electron chi connectivity index (χ2n) is 8.98. The van der Waals surface area contributed by atoms with E-state index in [0.29, 0.717) is 5.25 Å². The number of benzene rings is 3. The zero-order valence-corrected chi connectivity index (χ0v) is 22.7. The van der Waals surface area contributed by atoms with E-state index < -0.39 is 0 Å². The molecular weight excluding hydrogens is 416 g/mol. The van der Waals surface area contributed by atoms with Gasteiger partial charge in [-0.25, -0.2) is 0 Å². The molecule has 1 atom stereocenters. The summed E-state index contributed by atoms with van der Waals surface area (Å²) in [6.07, 6.45) is 7.06. The zero-order valence-electron chi connectivity index (χ0n) is 21.8. The molecule has 1 heteroatoms. The molecule has 3 aromatic rings. The molecule has 33 heavy (non-hydrogen) atoms. The summed E-state index contributed by atoms with van der Waals surface area (Å²) < 4.78 is 0. The first-order chi connectivity index (χ1) is 16.0. The Morgan fingerprint density at radius 1 is 0.818 bits per heavy atom. The third kappa shape index (κ3) is 5.57. The van der Waals surface area contributed by atoms with Gasteiger partial charge in [-0.05, 0) is 109 Å². The fourth-order valence-electron chi connectivity index (χ4n) is 5.18. The summed E-state index contributed by atoms with van der Waals surface area (Å²) in [7, 11) is 0. The van der Waals surface area contributed by atoms with Crippen LogP contribution >= 0.6 is 11.8 Å². The minimum Gasteiger partial charge on any atom is -0.118 e. The van der Waals surface area contributed by atoms with Crippen LogP contribution < -0.4 is 0 Å². The first kappa shape index (κ1) is 25.6. The summed E-state index contributed by atoms with van der Waals surface area (Å²) in [4.78, 5) is 1.46. The van der Waals surface area contributed by atoms with Gasteiger partial charge >= 0.3 is 0 Å². The molecule has 0 nitrogen and oxygen atoms in total. The van der Waals surface area contributed by atoms with E-state index in [0.717, 1.165) is 19.3 Å². The van der Waals surface area contributed by atoms with E-state index >= 15 is 0 Å². The topological polar surface area (TPSA) is 0 Å². The third-order valence-corrected chi connectivity index (χ3v) is 8.37. The van der Waals surface area contributed by atoms with Crippen LogP contribution in [0.25, 0.3) is 11.1 Å². The van der Waals surface area contributed by atoms with Gasteiger partial charge in [0.25, 0.3) is 0 Å². The van der Waals surface area contributed by atoms with E-state index in [1.165, 1.54) is 63.1 Å². The quantitative estimate of drug-likeness (QED) is 0.354. The first-order valence-corrected chi connectivity index (χ1v) is 13.9. The van der Waals surface area contributed by atoms with Crippen LogP contribution in [-0.2, 0) is 25.7 Å².